The second kappa shape index (κ2) is 5.73. The Morgan fingerprint density at radius 1 is 1.28 bits per heavy atom. The van der Waals surface area contributed by atoms with Gasteiger partial charge in [0.25, 0.3) is 0 Å². The van der Waals surface area contributed by atoms with Crippen molar-refractivity contribution in [3.05, 3.63) is 36.2 Å². The van der Waals surface area contributed by atoms with E-state index < -0.39 is 0 Å². The Bertz CT molecular complexity index is 542. The molecule has 94 valence electrons. The summed E-state index contributed by atoms with van der Waals surface area (Å²) in [7, 11) is 0. The molecule has 0 radical (unpaired) electrons. The lowest BCUT2D eigenvalue weighted by atomic mass is 10.2. The van der Waals surface area contributed by atoms with Crippen LogP contribution in [0.25, 0.3) is 0 Å². The molecule has 0 aliphatic heterocycles. The zero-order valence-electron chi connectivity index (χ0n) is 10.5. The lowest BCUT2D eigenvalue weighted by Crippen LogP contribution is -2.04. The van der Waals surface area contributed by atoms with Gasteiger partial charge in [0.15, 0.2) is 0 Å². The van der Waals surface area contributed by atoms with Gasteiger partial charge in [-0.2, -0.15) is 0 Å². The summed E-state index contributed by atoms with van der Waals surface area (Å²) in [6.07, 6.45) is 4.34. The fourth-order valence-electron chi connectivity index (χ4n) is 1.76. The minimum absolute atomic E-state index is 0.539. The summed E-state index contributed by atoms with van der Waals surface area (Å²) in [6.45, 7) is 2.04. The Balaban J connectivity index is 2.37. The molecular weight excluding hydrogens is 244 g/mol. The van der Waals surface area contributed by atoms with E-state index in [-0.39, 0.29) is 0 Å². The molecule has 2 rings (SSSR count). The standard InChI is InChI=1S/C13H16N4S/c1-3-9-12(14)15-8-16-13(9)17-10-6-4-5-7-11(10)18-2/h4-8H,3H2,1-2H3,(H3,14,15,16,17). The third-order valence-corrected chi connectivity index (χ3v) is 3.49. The van der Waals surface area contributed by atoms with Crippen molar-refractivity contribution < 1.29 is 0 Å². The van der Waals surface area contributed by atoms with Crippen LogP contribution in [0.2, 0.25) is 0 Å². The molecule has 0 spiro atoms. The second-order valence-corrected chi connectivity index (χ2v) is 4.61. The van der Waals surface area contributed by atoms with Crippen LogP contribution in [0.5, 0.6) is 0 Å². The molecule has 0 unspecified atom stereocenters. The molecule has 2 aromatic rings. The Morgan fingerprint density at radius 3 is 2.78 bits per heavy atom. The summed E-state index contributed by atoms with van der Waals surface area (Å²) in [6, 6.07) is 8.12. The number of hydrogen-bond acceptors (Lipinski definition) is 5. The van der Waals surface area contributed by atoms with Crippen molar-refractivity contribution in [3.63, 3.8) is 0 Å². The molecule has 0 atom stereocenters. The van der Waals surface area contributed by atoms with E-state index in [1.165, 1.54) is 11.2 Å². The van der Waals surface area contributed by atoms with E-state index in [1.54, 1.807) is 11.8 Å². The first kappa shape index (κ1) is 12.7. The van der Waals surface area contributed by atoms with Crippen molar-refractivity contribution in [2.45, 2.75) is 18.2 Å². The number of nitrogens with one attached hydrogen (secondary N) is 1. The zero-order valence-corrected chi connectivity index (χ0v) is 11.3. The molecule has 1 aromatic heterocycles. The molecule has 5 heteroatoms. The van der Waals surface area contributed by atoms with Gasteiger partial charge in [0, 0.05) is 10.5 Å². The maximum atomic E-state index is 5.86. The van der Waals surface area contributed by atoms with Gasteiger partial charge in [-0.3, -0.25) is 0 Å². The van der Waals surface area contributed by atoms with Crippen molar-refractivity contribution >= 4 is 29.1 Å². The van der Waals surface area contributed by atoms with Crippen LogP contribution < -0.4 is 11.1 Å². The summed E-state index contributed by atoms with van der Waals surface area (Å²) in [5.74, 6) is 1.32. The fraction of sp³-hybridized carbons (Fsp3) is 0.231. The molecule has 0 bridgehead atoms. The quantitative estimate of drug-likeness (QED) is 0.827. The maximum Gasteiger partial charge on any atom is 0.139 e. The van der Waals surface area contributed by atoms with Crippen LogP contribution in [0.3, 0.4) is 0 Å². The summed E-state index contributed by atoms with van der Waals surface area (Å²) in [5, 5.41) is 3.33. The normalized spacial score (nSPS) is 10.3. The van der Waals surface area contributed by atoms with Gasteiger partial charge in [-0.15, -0.1) is 11.8 Å². The summed E-state index contributed by atoms with van der Waals surface area (Å²) >= 11 is 1.70. The topological polar surface area (TPSA) is 63.8 Å². The van der Waals surface area contributed by atoms with Crippen molar-refractivity contribution in [2.75, 3.05) is 17.3 Å². The van der Waals surface area contributed by atoms with Crippen molar-refractivity contribution in [3.8, 4) is 0 Å². The average Bonchev–Trinajstić information content (AvgIpc) is 2.40. The van der Waals surface area contributed by atoms with Gasteiger partial charge in [-0.05, 0) is 24.8 Å². The summed E-state index contributed by atoms with van der Waals surface area (Å²) in [5.41, 5.74) is 7.85. The molecule has 4 nitrogen and oxygen atoms in total. The van der Waals surface area contributed by atoms with E-state index in [0.717, 1.165) is 23.5 Å². The highest BCUT2D eigenvalue weighted by atomic mass is 32.2. The summed E-state index contributed by atoms with van der Waals surface area (Å²) < 4.78 is 0. The molecular formula is C13H16N4S. The number of benzene rings is 1. The fourth-order valence-corrected chi connectivity index (χ4v) is 2.31. The largest absolute Gasteiger partial charge is 0.383 e. The molecule has 1 aromatic carbocycles. The Kier molecular flexibility index (Phi) is 4.04. The average molecular weight is 260 g/mol. The van der Waals surface area contributed by atoms with Gasteiger partial charge in [-0.25, -0.2) is 9.97 Å². The molecule has 0 amide bonds. The van der Waals surface area contributed by atoms with Crippen LogP contribution in [0.4, 0.5) is 17.3 Å². The number of anilines is 3. The third kappa shape index (κ3) is 2.56. The lowest BCUT2D eigenvalue weighted by molar-refractivity contribution is 1.06. The Morgan fingerprint density at radius 2 is 2.06 bits per heavy atom. The first-order chi connectivity index (χ1) is 8.76. The van der Waals surface area contributed by atoms with E-state index in [4.69, 9.17) is 5.73 Å². The van der Waals surface area contributed by atoms with Crippen LogP contribution in [0.1, 0.15) is 12.5 Å². The lowest BCUT2D eigenvalue weighted by Gasteiger charge is -2.13. The highest BCUT2D eigenvalue weighted by Crippen LogP contribution is 2.29. The van der Waals surface area contributed by atoms with Crippen LogP contribution in [-0.4, -0.2) is 16.2 Å². The van der Waals surface area contributed by atoms with Crippen LogP contribution in [0.15, 0.2) is 35.5 Å². The Labute approximate surface area is 111 Å². The van der Waals surface area contributed by atoms with E-state index in [1.807, 2.05) is 25.1 Å². The number of nitrogens with zero attached hydrogens (tertiary/aromatic N) is 2. The van der Waals surface area contributed by atoms with Crippen LogP contribution in [-0.2, 0) is 6.42 Å². The van der Waals surface area contributed by atoms with Gasteiger partial charge in [0.1, 0.15) is 18.0 Å². The molecule has 0 fully saturated rings. The second-order valence-electron chi connectivity index (χ2n) is 3.76. The molecule has 0 aliphatic carbocycles. The number of rotatable bonds is 4. The van der Waals surface area contributed by atoms with Gasteiger partial charge in [-0.1, -0.05) is 19.1 Å². The first-order valence-corrected chi connectivity index (χ1v) is 6.98. The van der Waals surface area contributed by atoms with Crippen LogP contribution in [0, 0.1) is 0 Å². The van der Waals surface area contributed by atoms with E-state index in [0.29, 0.717) is 5.82 Å². The van der Waals surface area contributed by atoms with E-state index >= 15 is 0 Å². The predicted molar refractivity (Wildman–Crippen MR) is 77.3 cm³/mol. The Hall–Kier alpha value is -1.75. The predicted octanol–water partition coefficient (Wildman–Crippen LogP) is 3.09. The molecule has 0 saturated heterocycles. The van der Waals surface area contributed by atoms with Crippen molar-refractivity contribution in [1.82, 2.24) is 9.97 Å². The molecule has 0 aliphatic rings. The minimum Gasteiger partial charge on any atom is -0.383 e. The monoisotopic (exact) mass is 260 g/mol. The third-order valence-electron chi connectivity index (χ3n) is 2.69. The highest BCUT2D eigenvalue weighted by molar-refractivity contribution is 7.98. The molecule has 3 N–H and O–H groups in total. The number of para-hydroxylation sites is 1. The van der Waals surface area contributed by atoms with E-state index in [9.17, 15) is 0 Å². The SMILES string of the molecule is CCc1c(N)ncnc1Nc1ccccc1SC. The van der Waals surface area contributed by atoms with Crippen LogP contribution >= 0.6 is 11.8 Å². The van der Waals surface area contributed by atoms with E-state index in [2.05, 4.69) is 27.6 Å². The number of hydrogen-bond donors (Lipinski definition) is 2. The van der Waals surface area contributed by atoms with Gasteiger partial charge in [0.05, 0.1) is 5.69 Å². The van der Waals surface area contributed by atoms with Crippen molar-refractivity contribution in [2.24, 2.45) is 0 Å². The maximum absolute atomic E-state index is 5.86. The van der Waals surface area contributed by atoms with Gasteiger partial charge >= 0.3 is 0 Å². The molecule has 0 saturated carbocycles. The van der Waals surface area contributed by atoms with Gasteiger partial charge in [0.2, 0.25) is 0 Å². The number of nitrogens with two attached hydrogens (primary N) is 1. The highest BCUT2D eigenvalue weighted by Gasteiger charge is 2.09. The van der Waals surface area contributed by atoms with Gasteiger partial charge < -0.3 is 11.1 Å². The summed E-state index contributed by atoms with van der Waals surface area (Å²) in [4.78, 5) is 9.46. The zero-order chi connectivity index (χ0) is 13.0. The molecule has 1 heterocycles. The number of nitrogen functional groups attached to an aromatic ring is 1. The smallest absolute Gasteiger partial charge is 0.139 e. The first-order valence-electron chi connectivity index (χ1n) is 5.75. The number of thioether (sulfide) groups is 1. The molecule has 18 heavy (non-hydrogen) atoms. The number of aromatic nitrogens is 2. The van der Waals surface area contributed by atoms with Crippen molar-refractivity contribution in [1.29, 1.82) is 0 Å². The minimum atomic E-state index is 0.539.